The zero-order chi connectivity index (χ0) is 19.3. The van der Waals surface area contributed by atoms with Crippen molar-refractivity contribution in [2.24, 2.45) is 5.92 Å². The molecule has 0 fully saturated rings. The Hall–Kier alpha value is -2.41. The van der Waals surface area contributed by atoms with Crippen LogP contribution in [-0.4, -0.2) is 20.1 Å². The molecular formula is C19H23FN2O3S. The summed E-state index contributed by atoms with van der Waals surface area (Å²) in [5, 5.41) is 2.71. The first-order valence-electron chi connectivity index (χ1n) is 8.33. The van der Waals surface area contributed by atoms with Gasteiger partial charge in [0, 0.05) is 5.69 Å². The average Bonchev–Trinajstić information content (AvgIpc) is 2.54. The molecule has 0 bridgehead atoms. The van der Waals surface area contributed by atoms with Gasteiger partial charge in [0.2, 0.25) is 15.9 Å². The summed E-state index contributed by atoms with van der Waals surface area (Å²) in [6.07, 6.45) is 0. The minimum absolute atomic E-state index is 0.127. The largest absolute Gasteiger partial charge is 0.326 e. The summed E-state index contributed by atoms with van der Waals surface area (Å²) in [5.41, 5.74) is 1.89. The van der Waals surface area contributed by atoms with Crippen LogP contribution in [-0.2, 0) is 14.8 Å². The summed E-state index contributed by atoms with van der Waals surface area (Å²) in [4.78, 5) is 12.3. The Kier molecular flexibility index (Phi) is 6.37. The molecule has 2 aromatic rings. The van der Waals surface area contributed by atoms with Crippen molar-refractivity contribution in [1.82, 2.24) is 0 Å². The average molecular weight is 378 g/mol. The van der Waals surface area contributed by atoms with Gasteiger partial charge in [-0.1, -0.05) is 39.0 Å². The molecule has 1 amide bonds. The molecule has 1 atom stereocenters. The van der Waals surface area contributed by atoms with E-state index in [1.54, 1.807) is 12.1 Å². The van der Waals surface area contributed by atoms with E-state index in [0.29, 0.717) is 11.6 Å². The third-order valence-corrected chi connectivity index (χ3v) is 5.35. The van der Waals surface area contributed by atoms with Crippen molar-refractivity contribution in [3.05, 3.63) is 59.9 Å². The maximum Gasteiger partial charge on any atom is 0.233 e. The summed E-state index contributed by atoms with van der Waals surface area (Å²) < 4.78 is 39.8. The molecule has 26 heavy (non-hydrogen) atoms. The number of anilines is 2. The van der Waals surface area contributed by atoms with Gasteiger partial charge >= 0.3 is 0 Å². The van der Waals surface area contributed by atoms with E-state index in [2.05, 4.69) is 23.9 Å². The van der Waals surface area contributed by atoms with Gasteiger partial charge in [-0.2, -0.15) is 0 Å². The van der Waals surface area contributed by atoms with Crippen molar-refractivity contribution < 1.29 is 17.6 Å². The standard InChI is InChI=1S/C19H23FN2O3S/c1-13(2)15-7-9-17(10-8-15)21-19(23)14(3)12-26(24,25)22-18-6-4-5-16(20)11-18/h4-11,13-14,22H,12H2,1-3H3,(H,21,23). The van der Waals surface area contributed by atoms with Crippen LogP contribution in [0.5, 0.6) is 0 Å². The monoisotopic (exact) mass is 378 g/mol. The molecule has 0 aliphatic heterocycles. The summed E-state index contributed by atoms with van der Waals surface area (Å²) in [6, 6.07) is 12.6. The predicted molar refractivity (Wildman–Crippen MR) is 102 cm³/mol. The number of rotatable bonds is 7. The lowest BCUT2D eigenvalue weighted by Crippen LogP contribution is -2.29. The first-order chi connectivity index (χ1) is 12.2. The fourth-order valence-electron chi connectivity index (χ4n) is 2.39. The third-order valence-electron chi connectivity index (χ3n) is 3.86. The molecule has 1 unspecified atom stereocenters. The first kappa shape index (κ1) is 19.9. The summed E-state index contributed by atoms with van der Waals surface area (Å²) >= 11 is 0. The molecule has 7 heteroatoms. The second kappa shape index (κ2) is 8.31. The molecular weight excluding hydrogens is 355 g/mol. The Morgan fingerprint density at radius 3 is 2.27 bits per heavy atom. The van der Waals surface area contributed by atoms with E-state index in [0.717, 1.165) is 11.6 Å². The maximum absolute atomic E-state index is 13.2. The van der Waals surface area contributed by atoms with E-state index in [1.165, 1.54) is 25.1 Å². The highest BCUT2D eigenvalue weighted by Gasteiger charge is 2.22. The number of hydrogen-bond acceptors (Lipinski definition) is 3. The van der Waals surface area contributed by atoms with E-state index in [1.807, 2.05) is 12.1 Å². The first-order valence-corrected chi connectivity index (χ1v) is 9.98. The summed E-state index contributed by atoms with van der Waals surface area (Å²) in [6.45, 7) is 5.68. The number of carbonyl (C=O) groups is 1. The van der Waals surface area contributed by atoms with Crippen molar-refractivity contribution in [2.45, 2.75) is 26.7 Å². The van der Waals surface area contributed by atoms with Gasteiger partial charge in [-0.15, -0.1) is 0 Å². The fraction of sp³-hybridized carbons (Fsp3) is 0.316. The summed E-state index contributed by atoms with van der Waals surface area (Å²) in [7, 11) is -3.78. The second-order valence-electron chi connectivity index (χ2n) is 6.56. The maximum atomic E-state index is 13.2. The predicted octanol–water partition coefficient (Wildman–Crippen LogP) is 3.97. The number of hydrogen-bond donors (Lipinski definition) is 2. The molecule has 5 nitrogen and oxygen atoms in total. The van der Waals surface area contributed by atoms with Crippen molar-refractivity contribution in [2.75, 3.05) is 15.8 Å². The minimum Gasteiger partial charge on any atom is -0.326 e. The Morgan fingerprint density at radius 2 is 1.69 bits per heavy atom. The Morgan fingerprint density at radius 1 is 1.04 bits per heavy atom. The number of halogens is 1. The van der Waals surface area contributed by atoms with Crippen molar-refractivity contribution in [3.8, 4) is 0 Å². The number of sulfonamides is 1. The fourth-order valence-corrected chi connectivity index (χ4v) is 3.77. The molecule has 2 aromatic carbocycles. The molecule has 2 rings (SSSR count). The van der Waals surface area contributed by atoms with Gasteiger partial charge in [0.05, 0.1) is 17.4 Å². The molecule has 0 heterocycles. The lowest BCUT2D eigenvalue weighted by atomic mass is 10.0. The SMILES string of the molecule is CC(CS(=O)(=O)Nc1cccc(F)c1)C(=O)Nc1ccc(C(C)C)cc1. The highest BCUT2D eigenvalue weighted by atomic mass is 32.2. The van der Waals surface area contributed by atoms with Crippen LogP contribution in [0.4, 0.5) is 15.8 Å². The Bertz CT molecular complexity index is 865. The van der Waals surface area contributed by atoms with E-state index in [-0.39, 0.29) is 5.69 Å². The molecule has 2 N–H and O–H groups in total. The zero-order valence-electron chi connectivity index (χ0n) is 15.0. The Balaban J connectivity index is 1.97. The van der Waals surface area contributed by atoms with Gasteiger partial charge in [-0.3, -0.25) is 9.52 Å². The van der Waals surface area contributed by atoms with Crippen LogP contribution >= 0.6 is 0 Å². The van der Waals surface area contributed by atoms with Crippen LogP contribution in [0.2, 0.25) is 0 Å². The minimum atomic E-state index is -3.78. The van der Waals surface area contributed by atoms with Gasteiger partial charge in [0.1, 0.15) is 5.82 Å². The molecule has 0 aliphatic carbocycles. The van der Waals surface area contributed by atoms with Crippen LogP contribution < -0.4 is 10.0 Å². The van der Waals surface area contributed by atoms with Crippen LogP contribution in [0.3, 0.4) is 0 Å². The van der Waals surface area contributed by atoms with Crippen LogP contribution in [0, 0.1) is 11.7 Å². The van der Waals surface area contributed by atoms with Gasteiger partial charge in [0.15, 0.2) is 0 Å². The third kappa shape index (κ3) is 5.84. The molecule has 0 saturated heterocycles. The van der Waals surface area contributed by atoms with Gasteiger partial charge in [-0.05, 0) is 41.8 Å². The highest BCUT2D eigenvalue weighted by Crippen LogP contribution is 2.18. The molecule has 0 saturated carbocycles. The number of carbonyl (C=O) groups excluding carboxylic acids is 1. The van der Waals surface area contributed by atoms with E-state index in [4.69, 9.17) is 0 Å². The van der Waals surface area contributed by atoms with Crippen LogP contribution in [0.25, 0.3) is 0 Å². The zero-order valence-corrected chi connectivity index (χ0v) is 15.8. The quantitative estimate of drug-likeness (QED) is 0.766. The molecule has 0 aromatic heterocycles. The number of amides is 1. The van der Waals surface area contributed by atoms with Crippen LogP contribution in [0.15, 0.2) is 48.5 Å². The molecule has 0 radical (unpaired) electrons. The van der Waals surface area contributed by atoms with Gasteiger partial charge in [0.25, 0.3) is 0 Å². The highest BCUT2D eigenvalue weighted by molar-refractivity contribution is 7.92. The number of benzene rings is 2. The molecule has 140 valence electrons. The Labute approximate surface area is 153 Å². The lowest BCUT2D eigenvalue weighted by Gasteiger charge is -2.14. The molecule has 0 spiro atoms. The van der Waals surface area contributed by atoms with Gasteiger partial charge < -0.3 is 5.32 Å². The van der Waals surface area contributed by atoms with Crippen molar-refractivity contribution >= 4 is 27.3 Å². The normalized spacial score (nSPS) is 12.7. The van der Waals surface area contributed by atoms with Crippen molar-refractivity contribution in [3.63, 3.8) is 0 Å². The van der Waals surface area contributed by atoms with Crippen molar-refractivity contribution in [1.29, 1.82) is 0 Å². The van der Waals surface area contributed by atoms with Crippen LogP contribution in [0.1, 0.15) is 32.3 Å². The second-order valence-corrected chi connectivity index (χ2v) is 8.33. The summed E-state index contributed by atoms with van der Waals surface area (Å²) in [5.74, 6) is -1.73. The topological polar surface area (TPSA) is 75.3 Å². The molecule has 0 aliphatic rings. The smallest absolute Gasteiger partial charge is 0.233 e. The van der Waals surface area contributed by atoms with E-state index < -0.39 is 33.4 Å². The van der Waals surface area contributed by atoms with E-state index >= 15 is 0 Å². The lowest BCUT2D eigenvalue weighted by molar-refractivity contribution is -0.118. The van der Waals surface area contributed by atoms with E-state index in [9.17, 15) is 17.6 Å². The number of nitrogens with one attached hydrogen (secondary N) is 2. The van der Waals surface area contributed by atoms with Gasteiger partial charge in [-0.25, -0.2) is 12.8 Å².